The van der Waals surface area contributed by atoms with Crippen molar-refractivity contribution in [2.24, 2.45) is 0 Å². The van der Waals surface area contributed by atoms with Gasteiger partial charge in [0, 0.05) is 12.8 Å². The third kappa shape index (κ3) is 53.3. The molecule has 0 radical (unpaired) electrons. The minimum Gasteiger partial charge on any atom is -0.466 e. The lowest BCUT2D eigenvalue weighted by atomic mass is 10.0. The van der Waals surface area contributed by atoms with E-state index in [1.165, 1.54) is 212 Å². The Morgan fingerprint density at radius 2 is 0.731 bits per heavy atom. The third-order valence-corrected chi connectivity index (χ3v) is 13.7. The summed E-state index contributed by atoms with van der Waals surface area (Å²) in [5.41, 5.74) is 0. The van der Waals surface area contributed by atoms with Gasteiger partial charge in [0.2, 0.25) is 5.91 Å². The lowest BCUT2D eigenvalue weighted by Crippen LogP contribution is -2.45. The summed E-state index contributed by atoms with van der Waals surface area (Å²) in [4.78, 5) is 24.5. The van der Waals surface area contributed by atoms with Gasteiger partial charge in [-0.25, -0.2) is 0 Å². The highest BCUT2D eigenvalue weighted by Gasteiger charge is 2.18. The van der Waals surface area contributed by atoms with Gasteiger partial charge >= 0.3 is 5.97 Å². The van der Waals surface area contributed by atoms with Gasteiger partial charge in [-0.05, 0) is 64.2 Å². The smallest absolute Gasteiger partial charge is 0.305 e. The fourth-order valence-corrected chi connectivity index (χ4v) is 9.10. The lowest BCUT2D eigenvalue weighted by molar-refractivity contribution is -0.143. The van der Waals surface area contributed by atoms with Crippen LogP contribution in [0.5, 0.6) is 0 Å². The Morgan fingerprint density at radius 3 is 1.10 bits per heavy atom. The number of unbranched alkanes of at least 4 members (excludes halogenated alkanes) is 41. The number of esters is 1. The second-order valence-electron chi connectivity index (χ2n) is 20.4. The predicted octanol–water partition coefficient (Wildman–Crippen LogP) is 18.4. The van der Waals surface area contributed by atoms with E-state index < -0.39 is 12.1 Å². The van der Waals surface area contributed by atoms with Gasteiger partial charge in [-0.3, -0.25) is 9.59 Å². The Kier molecular flexibility index (Phi) is 55.0. The molecule has 394 valence electrons. The van der Waals surface area contributed by atoms with Crippen LogP contribution in [0, 0.1) is 0 Å². The van der Waals surface area contributed by atoms with Crippen LogP contribution in [0.3, 0.4) is 0 Å². The Morgan fingerprint density at radius 1 is 0.418 bits per heavy atom. The summed E-state index contributed by atoms with van der Waals surface area (Å²) in [5.74, 6) is -0.0902. The summed E-state index contributed by atoms with van der Waals surface area (Å²) < 4.78 is 5.43. The molecule has 0 aromatic rings. The van der Waals surface area contributed by atoms with E-state index in [9.17, 15) is 19.8 Å². The SMILES string of the molecule is CCCCCCCCCCCCCCCCCCCC/C=C/C(O)C(CO)NC(=O)CCCCCCCCCCCC/C=C\C=C/CCCCCOC(=O)CCCCCCCCCCCCC. The quantitative estimate of drug-likeness (QED) is 0.0244. The van der Waals surface area contributed by atoms with Crippen molar-refractivity contribution < 1.29 is 24.5 Å². The molecule has 0 saturated carbocycles. The average molecular weight is 943 g/mol. The molecular weight excluding hydrogens is 827 g/mol. The Bertz CT molecular complexity index is 1090. The number of aliphatic hydroxyl groups is 2. The minimum atomic E-state index is -0.852. The topological polar surface area (TPSA) is 95.9 Å². The van der Waals surface area contributed by atoms with Gasteiger partial charge in [-0.15, -0.1) is 0 Å². The van der Waals surface area contributed by atoms with Gasteiger partial charge in [0.05, 0.1) is 25.4 Å². The molecule has 0 bridgehead atoms. The highest BCUT2D eigenvalue weighted by Crippen LogP contribution is 2.17. The third-order valence-electron chi connectivity index (χ3n) is 13.7. The van der Waals surface area contributed by atoms with Crippen LogP contribution in [0.1, 0.15) is 316 Å². The van der Waals surface area contributed by atoms with E-state index in [1.54, 1.807) is 6.08 Å². The van der Waals surface area contributed by atoms with Crippen LogP contribution in [-0.4, -0.2) is 47.4 Å². The van der Waals surface area contributed by atoms with Crippen molar-refractivity contribution in [3.8, 4) is 0 Å². The summed E-state index contributed by atoms with van der Waals surface area (Å²) in [5, 5.41) is 23.2. The van der Waals surface area contributed by atoms with Gasteiger partial charge in [-0.2, -0.15) is 0 Å². The van der Waals surface area contributed by atoms with E-state index >= 15 is 0 Å². The number of ether oxygens (including phenoxy) is 1. The van der Waals surface area contributed by atoms with Crippen LogP contribution in [0.25, 0.3) is 0 Å². The first-order chi connectivity index (χ1) is 33.0. The Balaban J connectivity index is 3.52. The average Bonchev–Trinajstić information content (AvgIpc) is 3.33. The molecule has 1 amide bonds. The first kappa shape index (κ1) is 65.1. The van der Waals surface area contributed by atoms with E-state index in [0.717, 1.165) is 77.0 Å². The zero-order chi connectivity index (χ0) is 48.6. The number of carbonyl (C=O) groups is 2. The zero-order valence-corrected chi connectivity index (χ0v) is 44.9. The van der Waals surface area contributed by atoms with Crippen LogP contribution in [-0.2, 0) is 14.3 Å². The van der Waals surface area contributed by atoms with Crippen LogP contribution < -0.4 is 5.32 Å². The molecule has 2 unspecified atom stereocenters. The molecule has 0 rings (SSSR count). The summed E-state index contributed by atoms with van der Waals surface area (Å²) in [6.07, 6.45) is 70.3. The molecule has 3 N–H and O–H groups in total. The molecular formula is C61H115NO5. The van der Waals surface area contributed by atoms with E-state index in [1.807, 2.05) is 6.08 Å². The number of allylic oxidation sites excluding steroid dienone is 5. The molecule has 0 aromatic heterocycles. The molecule has 0 spiro atoms. The normalized spacial score (nSPS) is 12.8. The Hall–Kier alpha value is -1.92. The second-order valence-corrected chi connectivity index (χ2v) is 20.4. The molecule has 0 aromatic carbocycles. The first-order valence-corrected chi connectivity index (χ1v) is 29.8. The van der Waals surface area contributed by atoms with E-state index in [4.69, 9.17) is 4.74 Å². The van der Waals surface area contributed by atoms with Crippen LogP contribution in [0.2, 0.25) is 0 Å². The van der Waals surface area contributed by atoms with Gasteiger partial charge in [-0.1, -0.05) is 275 Å². The van der Waals surface area contributed by atoms with Crippen LogP contribution >= 0.6 is 0 Å². The standard InChI is InChI=1S/C61H115NO5/c1-3-5-7-9-11-13-15-16-17-18-19-21-24-27-30-34-37-41-45-49-53-59(64)58(57-63)62-60(65)54-50-46-42-38-35-31-28-25-22-20-23-26-29-32-36-40-44-48-52-56-67-61(66)55-51-47-43-39-33-14-12-10-8-6-4-2/h26,29,32,36,49,53,58-59,63-64H,3-25,27-28,30-31,33-35,37-48,50-52,54-57H2,1-2H3,(H,62,65)/b29-26-,36-32-,53-49+. The largest absolute Gasteiger partial charge is 0.466 e. The molecule has 0 saturated heterocycles. The molecule has 0 aliphatic carbocycles. The van der Waals surface area contributed by atoms with Crippen LogP contribution in [0.15, 0.2) is 36.5 Å². The number of carbonyl (C=O) groups excluding carboxylic acids is 2. The minimum absolute atomic E-state index is 0.0144. The summed E-state index contributed by atoms with van der Waals surface area (Å²) in [7, 11) is 0. The van der Waals surface area contributed by atoms with Crippen molar-refractivity contribution in [3.05, 3.63) is 36.5 Å². The van der Waals surface area contributed by atoms with E-state index in [-0.39, 0.29) is 18.5 Å². The number of hydrogen-bond acceptors (Lipinski definition) is 5. The molecule has 0 heterocycles. The number of nitrogens with one attached hydrogen (secondary N) is 1. The van der Waals surface area contributed by atoms with Crippen molar-refractivity contribution in [2.45, 2.75) is 328 Å². The van der Waals surface area contributed by atoms with Crippen molar-refractivity contribution in [1.82, 2.24) is 5.32 Å². The first-order valence-electron chi connectivity index (χ1n) is 29.8. The maximum atomic E-state index is 12.5. The lowest BCUT2D eigenvalue weighted by Gasteiger charge is -2.20. The van der Waals surface area contributed by atoms with E-state index in [2.05, 4.69) is 43.5 Å². The molecule has 0 fully saturated rings. The maximum absolute atomic E-state index is 12.5. The summed E-state index contributed by atoms with van der Waals surface area (Å²) in [6.45, 7) is 4.87. The van der Waals surface area contributed by atoms with Gasteiger partial charge in [0.25, 0.3) is 0 Å². The summed E-state index contributed by atoms with van der Waals surface area (Å²) >= 11 is 0. The highest BCUT2D eigenvalue weighted by molar-refractivity contribution is 5.76. The number of amides is 1. The van der Waals surface area contributed by atoms with Crippen molar-refractivity contribution in [1.29, 1.82) is 0 Å². The molecule has 67 heavy (non-hydrogen) atoms. The molecule has 0 aliphatic heterocycles. The zero-order valence-electron chi connectivity index (χ0n) is 44.9. The molecule has 2 atom stereocenters. The number of rotatable bonds is 55. The second kappa shape index (κ2) is 56.7. The molecule has 6 nitrogen and oxygen atoms in total. The van der Waals surface area contributed by atoms with Crippen molar-refractivity contribution >= 4 is 11.9 Å². The molecule has 0 aliphatic rings. The van der Waals surface area contributed by atoms with Gasteiger partial charge < -0.3 is 20.3 Å². The monoisotopic (exact) mass is 942 g/mol. The fourth-order valence-electron chi connectivity index (χ4n) is 9.10. The maximum Gasteiger partial charge on any atom is 0.305 e. The predicted molar refractivity (Wildman–Crippen MR) is 292 cm³/mol. The number of aliphatic hydroxyl groups excluding tert-OH is 2. The Labute approximate surface area is 417 Å². The van der Waals surface area contributed by atoms with Crippen LogP contribution in [0.4, 0.5) is 0 Å². The highest BCUT2D eigenvalue weighted by atomic mass is 16.5. The fraction of sp³-hybridized carbons (Fsp3) is 0.869. The van der Waals surface area contributed by atoms with Gasteiger partial charge in [0.1, 0.15) is 0 Å². The van der Waals surface area contributed by atoms with E-state index in [0.29, 0.717) is 19.4 Å². The molecule has 6 heteroatoms. The number of hydrogen-bond donors (Lipinski definition) is 3. The van der Waals surface area contributed by atoms with Crippen molar-refractivity contribution in [3.63, 3.8) is 0 Å². The van der Waals surface area contributed by atoms with Crippen molar-refractivity contribution in [2.75, 3.05) is 13.2 Å². The summed E-state index contributed by atoms with van der Waals surface area (Å²) in [6, 6.07) is -0.636. The van der Waals surface area contributed by atoms with Gasteiger partial charge in [0.15, 0.2) is 0 Å².